The Hall–Kier alpha value is -2.65. The fraction of sp³-hybridized carbons (Fsp3) is 0.350. The highest BCUT2D eigenvalue weighted by Gasteiger charge is 2.19. The first-order chi connectivity index (χ1) is 14.1. The van der Waals surface area contributed by atoms with Crippen molar-refractivity contribution in [3.8, 4) is 11.3 Å². The Balaban J connectivity index is 1.59. The minimum absolute atomic E-state index is 0.294. The smallest absolute Gasteiger partial charge is 0.229 e. The van der Waals surface area contributed by atoms with E-state index in [9.17, 15) is 4.39 Å². The molecule has 1 aromatic carbocycles. The third-order valence-corrected chi connectivity index (χ3v) is 5.43. The summed E-state index contributed by atoms with van der Waals surface area (Å²) in [5, 5.41) is 1.09. The first kappa shape index (κ1) is 19.7. The second-order valence-electron chi connectivity index (χ2n) is 6.81. The van der Waals surface area contributed by atoms with E-state index in [1.54, 1.807) is 18.3 Å². The molecule has 0 saturated carbocycles. The summed E-state index contributed by atoms with van der Waals surface area (Å²) in [4.78, 5) is 27.2. The summed E-state index contributed by atoms with van der Waals surface area (Å²) in [5.41, 5.74) is 1.36. The fourth-order valence-corrected chi connectivity index (χ4v) is 3.72. The van der Waals surface area contributed by atoms with Crippen LogP contribution in [0.3, 0.4) is 0 Å². The summed E-state index contributed by atoms with van der Waals surface area (Å²) in [7, 11) is 2.12. The molecular weight excluding hydrogens is 389 g/mol. The third kappa shape index (κ3) is 4.86. The highest BCUT2D eigenvalue weighted by Crippen LogP contribution is 2.26. The van der Waals surface area contributed by atoms with Crippen molar-refractivity contribution in [1.29, 1.82) is 0 Å². The number of nitrogens with zero attached hydrogens (tertiary/aromatic N) is 7. The van der Waals surface area contributed by atoms with Crippen LogP contribution >= 0.6 is 11.8 Å². The lowest BCUT2D eigenvalue weighted by Gasteiger charge is -2.32. The average molecular weight is 412 g/mol. The van der Waals surface area contributed by atoms with Gasteiger partial charge < -0.3 is 9.80 Å². The number of aryl methyl sites for hydroxylation is 1. The number of rotatable bonds is 5. The molecular formula is C20H22FN7S. The molecule has 0 unspecified atom stereocenters. The Bertz CT molecular complexity index is 992. The van der Waals surface area contributed by atoms with Crippen molar-refractivity contribution in [2.24, 2.45) is 0 Å². The quantitative estimate of drug-likeness (QED) is 0.594. The van der Waals surface area contributed by atoms with E-state index in [4.69, 9.17) is 0 Å². The molecule has 7 nitrogen and oxygen atoms in total. The summed E-state index contributed by atoms with van der Waals surface area (Å²) in [6.07, 6.45) is 2.39. The molecule has 1 aliphatic heterocycles. The molecule has 0 atom stereocenters. The van der Waals surface area contributed by atoms with Crippen LogP contribution < -0.4 is 4.90 Å². The monoisotopic (exact) mass is 411 g/mol. The molecule has 150 valence electrons. The van der Waals surface area contributed by atoms with E-state index in [-0.39, 0.29) is 5.82 Å². The molecule has 0 spiro atoms. The largest absolute Gasteiger partial charge is 0.338 e. The van der Waals surface area contributed by atoms with Gasteiger partial charge in [-0.1, -0.05) is 19.1 Å². The summed E-state index contributed by atoms with van der Waals surface area (Å²) in [5.74, 6) is 1.16. The lowest BCUT2D eigenvalue weighted by Crippen LogP contribution is -2.45. The molecule has 9 heteroatoms. The maximum absolute atomic E-state index is 13.5. The maximum Gasteiger partial charge on any atom is 0.229 e. The second-order valence-corrected chi connectivity index (χ2v) is 7.75. The van der Waals surface area contributed by atoms with Gasteiger partial charge in [-0.3, -0.25) is 0 Å². The number of benzene rings is 1. The van der Waals surface area contributed by atoms with Gasteiger partial charge in [0.2, 0.25) is 11.1 Å². The van der Waals surface area contributed by atoms with Crippen molar-refractivity contribution in [2.75, 3.05) is 38.1 Å². The molecule has 4 rings (SSSR count). The molecule has 3 aromatic rings. The molecule has 29 heavy (non-hydrogen) atoms. The Morgan fingerprint density at radius 3 is 2.59 bits per heavy atom. The fourth-order valence-electron chi connectivity index (χ4n) is 3.02. The van der Waals surface area contributed by atoms with Gasteiger partial charge in [0.15, 0.2) is 5.16 Å². The van der Waals surface area contributed by atoms with Crippen LogP contribution in [0.2, 0.25) is 0 Å². The summed E-state index contributed by atoms with van der Waals surface area (Å²) in [6, 6.07) is 8.13. The van der Waals surface area contributed by atoms with Gasteiger partial charge in [0.25, 0.3) is 0 Å². The van der Waals surface area contributed by atoms with E-state index in [2.05, 4.69) is 41.8 Å². The predicted octanol–water partition coefficient (Wildman–Crippen LogP) is 2.93. The molecule has 3 heterocycles. The normalized spacial score (nSPS) is 14.9. The standard InChI is InChI=1S/C20H22FN7S/c1-3-17-24-18(28-11-9-27(2)10-12-28)26-20(25-17)29-19-22-8-7-16(23-19)14-5-4-6-15(21)13-14/h4-8,13H,3,9-12H2,1-2H3. The molecule has 0 aliphatic carbocycles. The molecule has 0 bridgehead atoms. The van der Waals surface area contributed by atoms with Gasteiger partial charge in [-0.25, -0.2) is 19.3 Å². The van der Waals surface area contributed by atoms with Crippen LogP contribution in [0.25, 0.3) is 11.3 Å². The number of likely N-dealkylation sites (N-methyl/N-ethyl adjacent to an activating group) is 1. The van der Waals surface area contributed by atoms with E-state index < -0.39 is 0 Å². The van der Waals surface area contributed by atoms with E-state index in [1.807, 2.05) is 13.0 Å². The van der Waals surface area contributed by atoms with Crippen molar-refractivity contribution in [2.45, 2.75) is 23.7 Å². The first-order valence-electron chi connectivity index (χ1n) is 9.56. The van der Waals surface area contributed by atoms with Crippen LogP contribution in [0.1, 0.15) is 12.7 Å². The van der Waals surface area contributed by atoms with Crippen LogP contribution in [0.5, 0.6) is 0 Å². The van der Waals surface area contributed by atoms with Crippen LogP contribution in [-0.2, 0) is 6.42 Å². The molecule has 0 radical (unpaired) electrons. The zero-order valence-electron chi connectivity index (χ0n) is 16.4. The molecule has 2 aromatic heterocycles. The average Bonchev–Trinajstić information content (AvgIpc) is 2.74. The zero-order valence-corrected chi connectivity index (χ0v) is 17.2. The van der Waals surface area contributed by atoms with E-state index in [1.165, 1.54) is 23.9 Å². The number of anilines is 1. The summed E-state index contributed by atoms with van der Waals surface area (Å²) < 4.78 is 13.5. The van der Waals surface area contributed by atoms with Crippen molar-refractivity contribution in [3.63, 3.8) is 0 Å². The SMILES string of the molecule is CCc1nc(Sc2nccc(-c3cccc(F)c3)n2)nc(N2CCN(C)CC2)n1. The van der Waals surface area contributed by atoms with E-state index in [0.717, 1.165) is 38.4 Å². The number of hydrogen-bond acceptors (Lipinski definition) is 8. The minimum Gasteiger partial charge on any atom is -0.338 e. The Kier molecular flexibility index (Phi) is 5.96. The van der Waals surface area contributed by atoms with Crippen molar-refractivity contribution >= 4 is 17.7 Å². The predicted molar refractivity (Wildman–Crippen MR) is 110 cm³/mol. The van der Waals surface area contributed by atoms with Crippen LogP contribution in [0.15, 0.2) is 46.8 Å². The number of hydrogen-bond donors (Lipinski definition) is 0. The Labute approximate surface area is 173 Å². The molecule has 1 aliphatic rings. The van der Waals surface area contributed by atoms with Gasteiger partial charge in [-0.05, 0) is 37.0 Å². The maximum atomic E-state index is 13.5. The van der Waals surface area contributed by atoms with Crippen molar-refractivity contribution < 1.29 is 4.39 Å². The first-order valence-corrected chi connectivity index (χ1v) is 10.4. The highest BCUT2D eigenvalue weighted by atomic mass is 32.2. The van der Waals surface area contributed by atoms with Gasteiger partial charge in [-0.15, -0.1) is 0 Å². The molecule has 0 amide bonds. The number of aromatic nitrogens is 5. The van der Waals surface area contributed by atoms with Gasteiger partial charge in [0, 0.05) is 44.4 Å². The van der Waals surface area contributed by atoms with Gasteiger partial charge in [-0.2, -0.15) is 9.97 Å². The molecule has 0 N–H and O–H groups in total. The van der Waals surface area contributed by atoms with E-state index >= 15 is 0 Å². The van der Waals surface area contributed by atoms with E-state index in [0.29, 0.717) is 27.5 Å². The Morgan fingerprint density at radius 2 is 1.83 bits per heavy atom. The van der Waals surface area contributed by atoms with Crippen LogP contribution in [0.4, 0.5) is 10.3 Å². The molecule has 1 fully saturated rings. The minimum atomic E-state index is -0.294. The van der Waals surface area contributed by atoms with Crippen molar-refractivity contribution in [1.82, 2.24) is 29.8 Å². The zero-order chi connectivity index (χ0) is 20.2. The Morgan fingerprint density at radius 1 is 1.00 bits per heavy atom. The number of halogens is 1. The van der Waals surface area contributed by atoms with Gasteiger partial charge >= 0.3 is 0 Å². The molecule has 1 saturated heterocycles. The number of piperazine rings is 1. The van der Waals surface area contributed by atoms with Crippen LogP contribution in [-0.4, -0.2) is 63.0 Å². The third-order valence-electron chi connectivity index (χ3n) is 4.69. The summed E-state index contributed by atoms with van der Waals surface area (Å²) >= 11 is 1.29. The van der Waals surface area contributed by atoms with Crippen LogP contribution in [0, 0.1) is 5.82 Å². The summed E-state index contributed by atoms with van der Waals surface area (Å²) in [6.45, 7) is 5.76. The topological polar surface area (TPSA) is 70.9 Å². The highest BCUT2D eigenvalue weighted by molar-refractivity contribution is 7.99. The van der Waals surface area contributed by atoms with Gasteiger partial charge in [0.1, 0.15) is 11.6 Å². The van der Waals surface area contributed by atoms with Crippen molar-refractivity contribution in [3.05, 3.63) is 48.2 Å². The lowest BCUT2D eigenvalue weighted by molar-refractivity contribution is 0.310. The van der Waals surface area contributed by atoms with Gasteiger partial charge in [0.05, 0.1) is 5.69 Å². The second kappa shape index (κ2) is 8.79. The lowest BCUT2D eigenvalue weighted by atomic mass is 10.1.